The first-order valence-electron chi connectivity index (χ1n) is 10.9. The zero-order chi connectivity index (χ0) is 23.2. The number of pyridine rings is 1. The number of ether oxygens (including phenoxy) is 1. The lowest BCUT2D eigenvalue weighted by atomic mass is 9.97. The Bertz CT molecular complexity index is 888. The Morgan fingerprint density at radius 3 is 2.58 bits per heavy atom. The molecule has 0 amide bonds. The van der Waals surface area contributed by atoms with Gasteiger partial charge in [-0.25, -0.2) is 4.98 Å². The van der Waals surface area contributed by atoms with Crippen LogP contribution >= 0.6 is 0 Å². The van der Waals surface area contributed by atoms with Gasteiger partial charge in [0.25, 0.3) is 0 Å². The van der Waals surface area contributed by atoms with Gasteiger partial charge in [0.2, 0.25) is 5.88 Å². The zero-order valence-electron chi connectivity index (χ0n) is 20.2. The molecule has 1 heterocycles. The fourth-order valence-electron chi connectivity index (χ4n) is 3.14. The molecule has 5 heteroatoms. The third kappa shape index (κ3) is 8.36. The van der Waals surface area contributed by atoms with Crippen molar-refractivity contribution in [1.82, 2.24) is 10.3 Å². The molecule has 31 heavy (non-hydrogen) atoms. The molecule has 1 aromatic heterocycles. The third-order valence-corrected chi connectivity index (χ3v) is 4.84. The van der Waals surface area contributed by atoms with Crippen molar-refractivity contribution in [3.63, 3.8) is 0 Å². The fraction of sp³-hybridized carbons (Fsp3) is 0.423. The van der Waals surface area contributed by atoms with E-state index < -0.39 is 0 Å². The van der Waals surface area contributed by atoms with Gasteiger partial charge in [-0.05, 0) is 81.5 Å². The van der Waals surface area contributed by atoms with Crippen LogP contribution in [0.15, 0.2) is 64.0 Å². The minimum atomic E-state index is 0.564. The second kappa shape index (κ2) is 14.1. The summed E-state index contributed by atoms with van der Waals surface area (Å²) in [5.41, 5.74) is 6.66. The quantitative estimate of drug-likeness (QED) is 0.313. The highest BCUT2D eigenvalue weighted by molar-refractivity contribution is 6.00. The number of hydrogen-bond donors (Lipinski definition) is 2. The van der Waals surface area contributed by atoms with Crippen LogP contribution in [0.5, 0.6) is 5.88 Å². The molecule has 0 aliphatic heterocycles. The number of rotatable bonds is 12. The van der Waals surface area contributed by atoms with Crippen LogP contribution < -0.4 is 10.1 Å². The van der Waals surface area contributed by atoms with Gasteiger partial charge in [0.15, 0.2) is 0 Å². The lowest BCUT2D eigenvalue weighted by Gasteiger charge is -2.17. The van der Waals surface area contributed by atoms with Crippen molar-refractivity contribution in [2.75, 3.05) is 20.2 Å². The summed E-state index contributed by atoms with van der Waals surface area (Å²) in [5.74, 6) is 0.632. The third-order valence-electron chi connectivity index (χ3n) is 4.84. The summed E-state index contributed by atoms with van der Waals surface area (Å²) in [6, 6.07) is 3.94. The first-order chi connectivity index (χ1) is 14.9. The average Bonchev–Trinajstić information content (AvgIpc) is 2.75. The summed E-state index contributed by atoms with van der Waals surface area (Å²) in [6.45, 7) is 13.3. The molecular weight excluding hydrogens is 384 g/mol. The fourth-order valence-corrected chi connectivity index (χ4v) is 3.14. The van der Waals surface area contributed by atoms with E-state index in [1.807, 2.05) is 45.2 Å². The number of aliphatic imine (C=N–C) groups is 1. The van der Waals surface area contributed by atoms with Gasteiger partial charge in [0.1, 0.15) is 0 Å². The Morgan fingerprint density at radius 2 is 2.00 bits per heavy atom. The van der Waals surface area contributed by atoms with Crippen LogP contribution in [-0.2, 0) is 0 Å². The number of nitrogens with zero attached hydrogens (tertiary/aromatic N) is 2. The highest BCUT2D eigenvalue weighted by Crippen LogP contribution is 2.26. The van der Waals surface area contributed by atoms with E-state index >= 15 is 0 Å². The van der Waals surface area contributed by atoms with Crippen molar-refractivity contribution >= 4 is 17.5 Å². The molecule has 0 saturated heterocycles. The molecule has 2 N–H and O–H groups in total. The van der Waals surface area contributed by atoms with Gasteiger partial charge in [-0.3, -0.25) is 4.99 Å². The van der Waals surface area contributed by atoms with Crippen LogP contribution in [-0.4, -0.2) is 37.1 Å². The van der Waals surface area contributed by atoms with E-state index in [1.165, 1.54) is 0 Å². The second-order valence-corrected chi connectivity index (χ2v) is 7.29. The normalized spacial score (nSPS) is 14.0. The van der Waals surface area contributed by atoms with Crippen LogP contribution in [0.4, 0.5) is 0 Å². The molecule has 5 nitrogen and oxygen atoms in total. The maximum atomic E-state index is 8.29. The molecule has 0 unspecified atom stereocenters. The molecular formula is C26H38N4O. The second-order valence-electron chi connectivity index (χ2n) is 7.29. The lowest BCUT2D eigenvalue weighted by molar-refractivity contribution is 0.326. The molecule has 0 radical (unpaired) electrons. The Balaban J connectivity index is 3.51. The Kier molecular flexibility index (Phi) is 11.9. The molecule has 0 saturated carbocycles. The van der Waals surface area contributed by atoms with E-state index in [4.69, 9.17) is 10.1 Å². The minimum absolute atomic E-state index is 0.564. The number of nitrogens with one attached hydrogen (secondary N) is 2. The Morgan fingerprint density at radius 1 is 1.26 bits per heavy atom. The summed E-state index contributed by atoms with van der Waals surface area (Å²) in [6.07, 6.45) is 11.9. The van der Waals surface area contributed by atoms with Crippen LogP contribution in [0.3, 0.4) is 0 Å². The average molecular weight is 423 g/mol. The SMILES string of the molecule is C/C=C(\C=NC)CNC(/C=C(\C)c1cccnc1OCC)=C(C)/C(=C/CCC)C(C)=N. The summed E-state index contributed by atoms with van der Waals surface area (Å²) in [4.78, 5) is 8.52. The maximum Gasteiger partial charge on any atom is 0.220 e. The molecule has 0 spiro atoms. The number of hydrogen-bond acceptors (Lipinski definition) is 5. The van der Waals surface area contributed by atoms with Crippen molar-refractivity contribution < 1.29 is 4.74 Å². The summed E-state index contributed by atoms with van der Waals surface area (Å²) in [7, 11) is 1.78. The van der Waals surface area contributed by atoms with Crippen molar-refractivity contribution in [2.24, 2.45) is 4.99 Å². The van der Waals surface area contributed by atoms with Crippen molar-refractivity contribution in [2.45, 2.75) is 54.4 Å². The summed E-state index contributed by atoms with van der Waals surface area (Å²) < 4.78 is 5.73. The monoisotopic (exact) mass is 422 g/mol. The molecule has 1 aromatic rings. The van der Waals surface area contributed by atoms with E-state index in [0.29, 0.717) is 24.7 Å². The van der Waals surface area contributed by atoms with Gasteiger partial charge >= 0.3 is 0 Å². The van der Waals surface area contributed by atoms with E-state index in [9.17, 15) is 0 Å². The summed E-state index contributed by atoms with van der Waals surface area (Å²) in [5, 5.41) is 11.9. The number of unbranched alkanes of at least 4 members (excludes halogenated alkanes) is 1. The molecule has 0 fully saturated rings. The van der Waals surface area contributed by atoms with Gasteiger partial charge in [-0.15, -0.1) is 0 Å². The first kappa shape index (κ1) is 26.1. The molecule has 168 valence electrons. The van der Waals surface area contributed by atoms with Crippen LogP contribution in [0.1, 0.15) is 59.9 Å². The molecule has 1 rings (SSSR count). The summed E-state index contributed by atoms with van der Waals surface area (Å²) >= 11 is 0. The van der Waals surface area contributed by atoms with Gasteiger partial charge < -0.3 is 15.5 Å². The first-order valence-corrected chi connectivity index (χ1v) is 10.9. The van der Waals surface area contributed by atoms with E-state index in [0.717, 1.165) is 46.4 Å². The van der Waals surface area contributed by atoms with Gasteiger partial charge in [-0.1, -0.05) is 25.5 Å². The van der Waals surface area contributed by atoms with E-state index in [1.54, 1.807) is 13.2 Å². The predicted octanol–water partition coefficient (Wildman–Crippen LogP) is 6.16. The highest BCUT2D eigenvalue weighted by Gasteiger charge is 2.11. The standard InChI is InChI=1S/C26H38N4O/c1-8-11-13-24(21(6)27)20(5)25(30-18-22(9-2)17-28-7)16-19(4)23-14-12-15-29-26(23)31-10-3/h9,12-17,27,30H,8,10-11,18H2,1-7H3/b19-16+,22-9+,24-13-,25-20+,27-21?,28-17?. The highest BCUT2D eigenvalue weighted by atomic mass is 16.5. The van der Waals surface area contributed by atoms with Crippen LogP contribution in [0.2, 0.25) is 0 Å². The predicted molar refractivity (Wildman–Crippen MR) is 134 cm³/mol. The van der Waals surface area contributed by atoms with Gasteiger partial charge in [-0.2, -0.15) is 0 Å². The van der Waals surface area contributed by atoms with Crippen LogP contribution in [0.25, 0.3) is 5.57 Å². The van der Waals surface area contributed by atoms with Crippen molar-refractivity contribution in [1.29, 1.82) is 5.41 Å². The molecule has 0 aromatic carbocycles. The topological polar surface area (TPSA) is 70.4 Å². The lowest BCUT2D eigenvalue weighted by Crippen LogP contribution is -2.19. The van der Waals surface area contributed by atoms with Gasteiger partial charge in [0, 0.05) is 43.0 Å². The number of aromatic nitrogens is 1. The van der Waals surface area contributed by atoms with Crippen molar-refractivity contribution in [3.8, 4) is 5.88 Å². The number of allylic oxidation sites excluding steroid dienone is 6. The zero-order valence-corrected chi connectivity index (χ0v) is 20.2. The Labute approximate surface area is 188 Å². The Hall–Kier alpha value is -2.95. The van der Waals surface area contributed by atoms with E-state index in [2.05, 4.69) is 48.2 Å². The molecule has 0 aliphatic rings. The van der Waals surface area contributed by atoms with E-state index in [-0.39, 0.29) is 0 Å². The van der Waals surface area contributed by atoms with Gasteiger partial charge in [0.05, 0.1) is 6.61 Å². The van der Waals surface area contributed by atoms with Crippen LogP contribution in [0, 0.1) is 5.41 Å². The minimum Gasteiger partial charge on any atom is -0.478 e. The van der Waals surface area contributed by atoms with Crippen molar-refractivity contribution in [3.05, 3.63) is 64.5 Å². The molecule has 0 aliphatic carbocycles. The molecule has 0 atom stereocenters. The molecule has 0 bridgehead atoms. The maximum absolute atomic E-state index is 8.29. The smallest absolute Gasteiger partial charge is 0.220 e. The largest absolute Gasteiger partial charge is 0.478 e.